The Bertz CT molecular complexity index is 314. The number of thiophene rings is 1. The fourth-order valence-electron chi connectivity index (χ4n) is 1.11. The molecule has 0 saturated carbocycles. The molecule has 1 aromatic heterocycles. The van der Waals surface area contributed by atoms with E-state index in [2.05, 4.69) is 0 Å². The van der Waals surface area contributed by atoms with E-state index in [-0.39, 0.29) is 5.97 Å². The summed E-state index contributed by atoms with van der Waals surface area (Å²) in [6, 6.07) is 3.35. The molecule has 0 spiro atoms. The third kappa shape index (κ3) is 4.44. The van der Waals surface area contributed by atoms with Crippen LogP contribution in [0, 0.1) is 0 Å². The van der Waals surface area contributed by atoms with Crippen LogP contribution in [-0.4, -0.2) is 17.6 Å². The van der Waals surface area contributed by atoms with Crippen LogP contribution in [0.5, 0.6) is 0 Å². The zero-order valence-electron chi connectivity index (χ0n) is 9.32. The molecular weight excluding hydrogens is 210 g/mol. The third-order valence-corrected chi connectivity index (χ3v) is 2.61. The Morgan fingerprint density at radius 1 is 1.60 bits per heavy atom. The lowest BCUT2D eigenvalue weighted by molar-refractivity contribution is -0.156. The lowest BCUT2D eigenvalue weighted by Crippen LogP contribution is -2.38. The molecule has 0 fully saturated rings. The van der Waals surface area contributed by atoms with E-state index in [1.54, 1.807) is 11.3 Å². The van der Waals surface area contributed by atoms with Crippen molar-refractivity contribution in [2.45, 2.75) is 38.8 Å². The summed E-state index contributed by atoms with van der Waals surface area (Å²) in [4.78, 5) is 12.6. The summed E-state index contributed by atoms with van der Waals surface area (Å²) in [5, 5.41) is 1.97. The van der Waals surface area contributed by atoms with Gasteiger partial charge in [-0.15, -0.1) is 11.3 Å². The van der Waals surface area contributed by atoms with Crippen LogP contribution in [-0.2, 0) is 16.0 Å². The Balaban J connectivity index is 2.47. The molecule has 0 unspecified atom stereocenters. The summed E-state index contributed by atoms with van der Waals surface area (Å²) < 4.78 is 5.19. The molecule has 2 N–H and O–H groups in total. The summed E-state index contributed by atoms with van der Waals surface area (Å²) in [6.45, 7) is 5.51. The number of ether oxygens (including phenoxy) is 1. The number of hydrogen-bond acceptors (Lipinski definition) is 4. The van der Waals surface area contributed by atoms with Crippen molar-refractivity contribution in [2.75, 3.05) is 0 Å². The molecule has 0 aliphatic heterocycles. The second-order valence-electron chi connectivity index (χ2n) is 4.42. The molecule has 0 radical (unpaired) electrons. The van der Waals surface area contributed by atoms with Gasteiger partial charge in [0.2, 0.25) is 0 Å². The Morgan fingerprint density at radius 3 is 2.73 bits per heavy atom. The second kappa shape index (κ2) is 4.77. The maximum absolute atomic E-state index is 11.5. The molecule has 1 rings (SSSR count). The van der Waals surface area contributed by atoms with Crippen molar-refractivity contribution in [3.8, 4) is 0 Å². The van der Waals surface area contributed by atoms with Crippen LogP contribution >= 0.6 is 11.3 Å². The SMILES string of the molecule is CC(C)(C)OC(=O)[C@H](N)Cc1cccs1. The largest absolute Gasteiger partial charge is 0.459 e. The molecule has 84 valence electrons. The van der Waals surface area contributed by atoms with Crippen LogP contribution in [0.4, 0.5) is 0 Å². The highest BCUT2D eigenvalue weighted by molar-refractivity contribution is 7.09. The zero-order chi connectivity index (χ0) is 11.5. The van der Waals surface area contributed by atoms with Gasteiger partial charge in [-0.3, -0.25) is 4.79 Å². The molecule has 0 saturated heterocycles. The van der Waals surface area contributed by atoms with Gasteiger partial charge in [0.25, 0.3) is 0 Å². The normalized spacial score (nSPS) is 13.6. The molecule has 4 heteroatoms. The fraction of sp³-hybridized carbons (Fsp3) is 0.545. The molecule has 0 aromatic carbocycles. The van der Waals surface area contributed by atoms with Gasteiger partial charge in [-0.25, -0.2) is 0 Å². The van der Waals surface area contributed by atoms with Crippen LogP contribution in [0.2, 0.25) is 0 Å². The first-order valence-corrected chi connectivity index (χ1v) is 5.77. The number of hydrogen-bond donors (Lipinski definition) is 1. The minimum absolute atomic E-state index is 0.337. The lowest BCUT2D eigenvalue weighted by Gasteiger charge is -2.21. The Hall–Kier alpha value is -0.870. The molecule has 1 heterocycles. The van der Waals surface area contributed by atoms with Gasteiger partial charge in [-0.05, 0) is 32.2 Å². The van der Waals surface area contributed by atoms with E-state index in [9.17, 15) is 4.79 Å². The van der Waals surface area contributed by atoms with Gasteiger partial charge in [-0.1, -0.05) is 6.07 Å². The molecule has 0 aliphatic rings. The number of nitrogens with two attached hydrogens (primary N) is 1. The smallest absolute Gasteiger partial charge is 0.323 e. The van der Waals surface area contributed by atoms with Crippen molar-refractivity contribution in [1.29, 1.82) is 0 Å². The number of carbonyl (C=O) groups is 1. The predicted molar refractivity (Wildman–Crippen MR) is 61.8 cm³/mol. The van der Waals surface area contributed by atoms with E-state index < -0.39 is 11.6 Å². The van der Waals surface area contributed by atoms with E-state index in [4.69, 9.17) is 10.5 Å². The van der Waals surface area contributed by atoms with Crippen LogP contribution < -0.4 is 5.73 Å². The quantitative estimate of drug-likeness (QED) is 0.803. The third-order valence-electron chi connectivity index (χ3n) is 1.71. The van der Waals surface area contributed by atoms with E-state index in [0.717, 1.165) is 4.88 Å². The van der Waals surface area contributed by atoms with E-state index in [0.29, 0.717) is 6.42 Å². The molecular formula is C11H17NO2S. The van der Waals surface area contributed by atoms with Gasteiger partial charge in [0.1, 0.15) is 11.6 Å². The summed E-state index contributed by atoms with van der Waals surface area (Å²) in [5.74, 6) is -0.337. The van der Waals surface area contributed by atoms with Gasteiger partial charge < -0.3 is 10.5 Å². The summed E-state index contributed by atoms with van der Waals surface area (Å²) in [7, 11) is 0. The average molecular weight is 227 g/mol. The first-order chi connectivity index (χ1) is 6.88. The first kappa shape index (κ1) is 12.2. The fourth-order valence-corrected chi connectivity index (χ4v) is 1.87. The standard InChI is InChI=1S/C11H17NO2S/c1-11(2,3)14-10(13)9(12)7-8-5-4-6-15-8/h4-6,9H,7,12H2,1-3H3/t9-/m1/s1. The molecule has 0 amide bonds. The number of carbonyl (C=O) groups excluding carboxylic acids is 1. The maximum atomic E-state index is 11.5. The van der Waals surface area contributed by atoms with Gasteiger partial charge in [0, 0.05) is 11.3 Å². The van der Waals surface area contributed by atoms with Crippen molar-refractivity contribution < 1.29 is 9.53 Å². The van der Waals surface area contributed by atoms with Gasteiger partial charge in [0.05, 0.1) is 0 Å². The van der Waals surface area contributed by atoms with Crippen LogP contribution in [0.1, 0.15) is 25.6 Å². The highest BCUT2D eigenvalue weighted by Crippen LogP contribution is 2.13. The van der Waals surface area contributed by atoms with Gasteiger partial charge in [0.15, 0.2) is 0 Å². The van der Waals surface area contributed by atoms with Gasteiger partial charge >= 0.3 is 5.97 Å². The number of rotatable bonds is 3. The molecule has 0 aliphatic carbocycles. The first-order valence-electron chi connectivity index (χ1n) is 4.89. The van der Waals surface area contributed by atoms with Crippen LogP contribution in [0.15, 0.2) is 17.5 Å². The zero-order valence-corrected chi connectivity index (χ0v) is 10.1. The van der Waals surface area contributed by atoms with Crippen molar-refractivity contribution in [2.24, 2.45) is 5.73 Å². The van der Waals surface area contributed by atoms with E-state index in [1.807, 2.05) is 38.3 Å². The average Bonchev–Trinajstić information content (AvgIpc) is 2.53. The van der Waals surface area contributed by atoms with Crippen LogP contribution in [0.25, 0.3) is 0 Å². The minimum atomic E-state index is -0.567. The Morgan fingerprint density at radius 2 is 2.27 bits per heavy atom. The highest BCUT2D eigenvalue weighted by Gasteiger charge is 2.22. The molecule has 0 bridgehead atoms. The molecule has 3 nitrogen and oxygen atoms in total. The highest BCUT2D eigenvalue weighted by atomic mass is 32.1. The maximum Gasteiger partial charge on any atom is 0.323 e. The summed E-state index contributed by atoms with van der Waals surface area (Å²) in [5.41, 5.74) is 5.28. The van der Waals surface area contributed by atoms with Crippen LogP contribution in [0.3, 0.4) is 0 Å². The minimum Gasteiger partial charge on any atom is -0.459 e. The van der Waals surface area contributed by atoms with E-state index >= 15 is 0 Å². The summed E-state index contributed by atoms with van der Waals surface area (Å²) >= 11 is 1.60. The Labute approximate surface area is 94.2 Å². The molecule has 1 aromatic rings. The van der Waals surface area contributed by atoms with Crippen molar-refractivity contribution >= 4 is 17.3 Å². The van der Waals surface area contributed by atoms with Crippen molar-refractivity contribution in [3.63, 3.8) is 0 Å². The van der Waals surface area contributed by atoms with Crippen molar-refractivity contribution in [3.05, 3.63) is 22.4 Å². The second-order valence-corrected chi connectivity index (χ2v) is 5.46. The lowest BCUT2D eigenvalue weighted by atomic mass is 10.1. The number of esters is 1. The Kier molecular flexibility index (Phi) is 3.88. The molecule has 1 atom stereocenters. The van der Waals surface area contributed by atoms with Gasteiger partial charge in [-0.2, -0.15) is 0 Å². The van der Waals surface area contributed by atoms with Crippen molar-refractivity contribution in [1.82, 2.24) is 0 Å². The topological polar surface area (TPSA) is 52.3 Å². The summed E-state index contributed by atoms with van der Waals surface area (Å²) in [6.07, 6.45) is 0.548. The predicted octanol–water partition coefficient (Wildman–Crippen LogP) is 1.96. The molecule has 15 heavy (non-hydrogen) atoms. The van der Waals surface area contributed by atoms with E-state index in [1.165, 1.54) is 0 Å². The monoisotopic (exact) mass is 227 g/mol.